The van der Waals surface area contributed by atoms with Gasteiger partial charge < -0.3 is 4.57 Å². The molecule has 2 aromatic rings. The molecule has 0 unspecified atom stereocenters. The topological polar surface area (TPSA) is 30.7 Å². The predicted molar refractivity (Wildman–Crippen MR) is 71.1 cm³/mol. The summed E-state index contributed by atoms with van der Waals surface area (Å²) in [5, 5.41) is 8.95. The summed E-state index contributed by atoms with van der Waals surface area (Å²) in [7, 11) is 0. The van der Waals surface area contributed by atoms with Crippen LogP contribution in [-0.2, 0) is 5.33 Å². The predicted octanol–water partition coefficient (Wildman–Crippen LogP) is 3.62. The van der Waals surface area contributed by atoms with Crippen molar-refractivity contribution in [3.63, 3.8) is 0 Å². The standard InChI is InChI=1S/C13H13BrFN3/c1-8-3-2-4-10(12(8)15)13-17-16-11(7-14)18(13)9-5-6-9/h2-4,9H,5-7H2,1H3. The Morgan fingerprint density at radius 1 is 1.39 bits per heavy atom. The van der Waals surface area contributed by atoms with Gasteiger partial charge in [-0.25, -0.2) is 4.39 Å². The molecule has 3 nitrogen and oxygen atoms in total. The van der Waals surface area contributed by atoms with E-state index in [4.69, 9.17) is 0 Å². The van der Waals surface area contributed by atoms with Gasteiger partial charge >= 0.3 is 0 Å². The summed E-state index contributed by atoms with van der Waals surface area (Å²) in [6, 6.07) is 5.82. The maximum Gasteiger partial charge on any atom is 0.167 e. The Labute approximate surface area is 113 Å². The van der Waals surface area contributed by atoms with E-state index in [-0.39, 0.29) is 5.82 Å². The Kier molecular flexibility index (Phi) is 2.93. The van der Waals surface area contributed by atoms with Gasteiger partial charge in [-0.2, -0.15) is 0 Å². The number of hydrogen-bond acceptors (Lipinski definition) is 2. The van der Waals surface area contributed by atoms with Crippen molar-refractivity contribution in [1.82, 2.24) is 14.8 Å². The first-order chi connectivity index (χ1) is 8.72. The number of rotatable bonds is 3. The van der Waals surface area contributed by atoms with Crippen LogP contribution in [0.4, 0.5) is 4.39 Å². The van der Waals surface area contributed by atoms with E-state index < -0.39 is 0 Å². The number of benzene rings is 1. The fourth-order valence-corrected chi connectivity index (χ4v) is 2.52. The van der Waals surface area contributed by atoms with Crippen molar-refractivity contribution in [2.24, 2.45) is 0 Å². The van der Waals surface area contributed by atoms with Gasteiger partial charge in [0.2, 0.25) is 0 Å². The monoisotopic (exact) mass is 309 g/mol. The lowest BCUT2D eigenvalue weighted by Crippen LogP contribution is -2.03. The molecule has 0 amide bonds. The first-order valence-corrected chi connectivity index (χ1v) is 7.09. The summed E-state index contributed by atoms with van der Waals surface area (Å²) in [5.41, 5.74) is 1.18. The molecule has 0 radical (unpaired) electrons. The minimum atomic E-state index is -0.201. The van der Waals surface area contributed by atoms with Crippen LogP contribution in [0.1, 0.15) is 30.3 Å². The molecule has 3 rings (SSSR count). The number of halogens is 2. The molecule has 1 aromatic heterocycles. The van der Waals surface area contributed by atoms with Crippen molar-refractivity contribution in [3.8, 4) is 11.4 Å². The number of alkyl halides is 1. The fraction of sp³-hybridized carbons (Fsp3) is 0.385. The highest BCUT2D eigenvalue weighted by atomic mass is 79.9. The summed E-state index contributed by atoms with van der Waals surface area (Å²) in [5.74, 6) is 1.31. The Morgan fingerprint density at radius 3 is 2.83 bits per heavy atom. The number of aromatic nitrogens is 3. The van der Waals surface area contributed by atoms with Crippen LogP contribution in [0, 0.1) is 12.7 Å². The van der Waals surface area contributed by atoms with Crippen LogP contribution in [0.5, 0.6) is 0 Å². The second kappa shape index (κ2) is 4.46. The summed E-state index contributed by atoms with van der Waals surface area (Å²) in [6.07, 6.45) is 2.25. The van der Waals surface area contributed by atoms with E-state index in [0.29, 0.717) is 28.3 Å². The Bertz CT molecular complexity index is 590. The maximum atomic E-state index is 14.2. The third-order valence-corrected chi connectivity index (χ3v) is 3.73. The third kappa shape index (κ3) is 1.86. The van der Waals surface area contributed by atoms with Gasteiger partial charge in [0.1, 0.15) is 11.6 Å². The highest BCUT2D eigenvalue weighted by molar-refractivity contribution is 9.08. The van der Waals surface area contributed by atoms with Gasteiger partial charge in [0, 0.05) is 6.04 Å². The number of hydrogen-bond donors (Lipinski definition) is 0. The van der Waals surface area contributed by atoms with E-state index >= 15 is 0 Å². The zero-order chi connectivity index (χ0) is 12.7. The van der Waals surface area contributed by atoms with E-state index in [1.54, 1.807) is 19.1 Å². The molecule has 0 atom stereocenters. The van der Waals surface area contributed by atoms with Gasteiger partial charge in [-0.05, 0) is 31.4 Å². The summed E-state index contributed by atoms with van der Waals surface area (Å²) < 4.78 is 16.2. The second-order valence-corrected chi connectivity index (χ2v) is 5.17. The van der Waals surface area contributed by atoms with Crippen LogP contribution in [-0.4, -0.2) is 14.8 Å². The van der Waals surface area contributed by atoms with Crippen LogP contribution in [0.3, 0.4) is 0 Å². The molecular weight excluding hydrogens is 297 g/mol. The molecule has 0 saturated heterocycles. The highest BCUT2D eigenvalue weighted by Gasteiger charge is 2.30. The molecule has 0 bridgehead atoms. The third-order valence-electron chi connectivity index (χ3n) is 3.23. The van der Waals surface area contributed by atoms with Crippen LogP contribution < -0.4 is 0 Å². The highest BCUT2D eigenvalue weighted by Crippen LogP contribution is 2.39. The molecular formula is C13H13BrFN3. The van der Waals surface area contributed by atoms with E-state index in [2.05, 4.69) is 30.7 Å². The van der Waals surface area contributed by atoms with Crippen molar-refractivity contribution in [2.75, 3.05) is 0 Å². The molecule has 0 aliphatic heterocycles. The van der Waals surface area contributed by atoms with E-state index in [0.717, 1.165) is 18.7 Å². The van der Waals surface area contributed by atoms with Crippen LogP contribution in [0.25, 0.3) is 11.4 Å². The molecule has 0 spiro atoms. The Hall–Kier alpha value is -1.23. The normalized spacial score (nSPS) is 15.1. The lowest BCUT2D eigenvalue weighted by atomic mass is 10.1. The Balaban J connectivity index is 2.17. The molecule has 0 N–H and O–H groups in total. The minimum Gasteiger partial charge on any atom is -0.307 e. The number of nitrogens with zero attached hydrogens (tertiary/aromatic N) is 3. The van der Waals surface area contributed by atoms with Crippen LogP contribution >= 0.6 is 15.9 Å². The van der Waals surface area contributed by atoms with E-state index in [1.165, 1.54) is 0 Å². The largest absolute Gasteiger partial charge is 0.307 e. The van der Waals surface area contributed by atoms with E-state index in [9.17, 15) is 4.39 Å². The lowest BCUT2D eigenvalue weighted by molar-refractivity contribution is 0.617. The molecule has 1 saturated carbocycles. The lowest BCUT2D eigenvalue weighted by Gasteiger charge is -2.09. The van der Waals surface area contributed by atoms with Gasteiger partial charge in [0.25, 0.3) is 0 Å². The molecule has 1 fully saturated rings. The van der Waals surface area contributed by atoms with Crippen molar-refractivity contribution in [2.45, 2.75) is 31.1 Å². The van der Waals surface area contributed by atoms with Gasteiger partial charge in [-0.3, -0.25) is 0 Å². The van der Waals surface area contributed by atoms with Crippen molar-refractivity contribution in [1.29, 1.82) is 0 Å². The molecule has 18 heavy (non-hydrogen) atoms. The summed E-state index contributed by atoms with van der Waals surface area (Å²) in [6.45, 7) is 1.77. The number of aryl methyl sites for hydroxylation is 1. The SMILES string of the molecule is Cc1cccc(-c2nnc(CBr)n2C2CC2)c1F. The fourth-order valence-electron chi connectivity index (χ4n) is 2.13. The average Bonchev–Trinajstić information content (AvgIpc) is 3.12. The molecule has 94 valence electrons. The zero-order valence-corrected chi connectivity index (χ0v) is 11.6. The van der Waals surface area contributed by atoms with Gasteiger partial charge in [0.05, 0.1) is 10.9 Å². The first kappa shape index (κ1) is 11.8. The summed E-state index contributed by atoms with van der Waals surface area (Å²) >= 11 is 3.41. The first-order valence-electron chi connectivity index (χ1n) is 5.97. The average molecular weight is 310 g/mol. The van der Waals surface area contributed by atoms with E-state index in [1.807, 2.05) is 6.07 Å². The van der Waals surface area contributed by atoms with Crippen molar-refractivity contribution < 1.29 is 4.39 Å². The van der Waals surface area contributed by atoms with Gasteiger partial charge in [-0.1, -0.05) is 28.1 Å². The van der Waals surface area contributed by atoms with Crippen LogP contribution in [0.2, 0.25) is 0 Å². The van der Waals surface area contributed by atoms with Gasteiger partial charge in [0.15, 0.2) is 5.82 Å². The molecule has 1 aliphatic carbocycles. The van der Waals surface area contributed by atoms with Crippen molar-refractivity contribution >= 4 is 15.9 Å². The molecule has 1 aromatic carbocycles. The smallest absolute Gasteiger partial charge is 0.167 e. The quantitative estimate of drug-likeness (QED) is 0.811. The summed E-state index contributed by atoms with van der Waals surface area (Å²) in [4.78, 5) is 0. The molecule has 1 aliphatic rings. The minimum absolute atomic E-state index is 0.201. The second-order valence-electron chi connectivity index (χ2n) is 4.61. The van der Waals surface area contributed by atoms with Gasteiger partial charge in [-0.15, -0.1) is 10.2 Å². The maximum absolute atomic E-state index is 14.2. The van der Waals surface area contributed by atoms with Crippen LogP contribution in [0.15, 0.2) is 18.2 Å². The molecule has 5 heteroatoms. The molecule has 1 heterocycles. The Morgan fingerprint density at radius 2 is 2.17 bits per heavy atom. The zero-order valence-electron chi connectivity index (χ0n) is 10.0. The van der Waals surface area contributed by atoms with Crippen molar-refractivity contribution in [3.05, 3.63) is 35.4 Å².